The van der Waals surface area contributed by atoms with Gasteiger partial charge in [0.2, 0.25) is 5.91 Å². The van der Waals surface area contributed by atoms with Crippen LogP contribution in [0.3, 0.4) is 0 Å². The summed E-state index contributed by atoms with van der Waals surface area (Å²) in [5.41, 5.74) is 4.23. The van der Waals surface area contributed by atoms with E-state index in [4.69, 9.17) is 0 Å². The molecule has 2 aromatic heterocycles. The molecule has 174 valence electrons. The van der Waals surface area contributed by atoms with E-state index in [1.165, 1.54) is 17.7 Å². The molecule has 0 spiro atoms. The first-order valence-electron chi connectivity index (χ1n) is 10.5. The summed E-state index contributed by atoms with van der Waals surface area (Å²) in [4.78, 5) is 15.9. The number of alkyl halides is 3. The average Bonchev–Trinajstić information content (AvgIpc) is 3.03. The van der Waals surface area contributed by atoms with Crippen molar-refractivity contribution in [3.63, 3.8) is 0 Å². The monoisotopic (exact) mass is 457 g/mol. The molecule has 0 atom stereocenters. The fourth-order valence-corrected chi connectivity index (χ4v) is 3.23. The molecule has 2 N–H and O–H groups in total. The summed E-state index contributed by atoms with van der Waals surface area (Å²) in [5, 5.41) is 10.2. The number of nitrogens with zero attached hydrogens (tertiary/aromatic N) is 3. The first kappa shape index (κ1) is 24.0. The summed E-state index contributed by atoms with van der Waals surface area (Å²) < 4.78 is 39.6. The third-order valence-electron chi connectivity index (χ3n) is 5.11. The van der Waals surface area contributed by atoms with Crippen LogP contribution in [0, 0.1) is 20.8 Å². The van der Waals surface area contributed by atoms with Crippen molar-refractivity contribution >= 4 is 17.8 Å². The molecule has 0 bridgehead atoms. The summed E-state index contributed by atoms with van der Waals surface area (Å²) in [6.45, 7) is 7.17. The van der Waals surface area contributed by atoms with Gasteiger partial charge in [-0.2, -0.15) is 18.3 Å². The fraction of sp³-hybridized carbons (Fsp3) is 0.292. The second kappa shape index (κ2) is 10.3. The number of nitrogens with one attached hydrogen (secondary N) is 2. The van der Waals surface area contributed by atoms with Crippen molar-refractivity contribution < 1.29 is 18.0 Å². The number of amides is 1. The molecule has 0 radical (unpaired) electrons. The molecule has 0 aliphatic heterocycles. The Kier molecular flexibility index (Phi) is 7.52. The molecule has 0 unspecified atom stereocenters. The Balaban J connectivity index is 1.49. The molecule has 0 aliphatic rings. The number of carbonyl (C=O) groups excluding carboxylic acids is 1. The van der Waals surface area contributed by atoms with Gasteiger partial charge in [0.1, 0.15) is 5.82 Å². The second-order valence-electron chi connectivity index (χ2n) is 7.71. The maximum absolute atomic E-state index is 12.6. The summed E-state index contributed by atoms with van der Waals surface area (Å²) >= 11 is 0. The topological polar surface area (TPSA) is 71.8 Å². The maximum atomic E-state index is 12.6. The van der Waals surface area contributed by atoms with Gasteiger partial charge in [0.25, 0.3) is 0 Å². The van der Waals surface area contributed by atoms with Crippen LogP contribution >= 0.6 is 0 Å². The summed E-state index contributed by atoms with van der Waals surface area (Å²) in [6.07, 6.45) is -0.458. The van der Waals surface area contributed by atoms with Crippen molar-refractivity contribution in [1.82, 2.24) is 20.1 Å². The normalized spacial score (nSPS) is 11.7. The first-order valence-corrected chi connectivity index (χ1v) is 10.5. The lowest BCUT2D eigenvalue weighted by Gasteiger charge is -2.08. The van der Waals surface area contributed by atoms with Gasteiger partial charge in [-0.1, -0.05) is 29.8 Å². The largest absolute Gasteiger partial charge is 0.417 e. The Morgan fingerprint density at radius 3 is 2.42 bits per heavy atom. The van der Waals surface area contributed by atoms with Crippen molar-refractivity contribution in [2.45, 2.75) is 33.5 Å². The number of pyridine rings is 1. The van der Waals surface area contributed by atoms with E-state index in [1.54, 1.807) is 6.08 Å². The van der Waals surface area contributed by atoms with E-state index >= 15 is 0 Å². The first-order chi connectivity index (χ1) is 15.6. The number of aryl methyl sites for hydroxylation is 2. The molecular formula is C24H26F3N5O. The van der Waals surface area contributed by atoms with Gasteiger partial charge >= 0.3 is 6.18 Å². The number of benzene rings is 1. The molecule has 3 aromatic rings. The Morgan fingerprint density at radius 2 is 1.79 bits per heavy atom. The van der Waals surface area contributed by atoms with Crippen LogP contribution in [0.1, 0.15) is 33.6 Å². The summed E-state index contributed by atoms with van der Waals surface area (Å²) in [5.74, 6) is 0.0299. The van der Waals surface area contributed by atoms with Crippen molar-refractivity contribution in [3.05, 3.63) is 82.3 Å². The zero-order chi connectivity index (χ0) is 24.0. The minimum Gasteiger partial charge on any atom is -0.368 e. The zero-order valence-corrected chi connectivity index (χ0v) is 18.7. The number of carbonyl (C=O) groups is 1. The highest BCUT2D eigenvalue weighted by Gasteiger charge is 2.30. The summed E-state index contributed by atoms with van der Waals surface area (Å²) in [7, 11) is 0. The van der Waals surface area contributed by atoms with Crippen molar-refractivity contribution in [2.75, 3.05) is 18.4 Å². The maximum Gasteiger partial charge on any atom is 0.417 e. The molecule has 0 aliphatic carbocycles. The predicted octanol–water partition coefficient (Wildman–Crippen LogP) is 4.51. The Labute approximate surface area is 190 Å². The Hall–Kier alpha value is -3.62. The van der Waals surface area contributed by atoms with Gasteiger partial charge in [-0.05, 0) is 44.5 Å². The lowest BCUT2D eigenvalue weighted by atomic mass is 10.1. The molecule has 0 saturated carbocycles. The van der Waals surface area contributed by atoms with E-state index in [2.05, 4.69) is 45.0 Å². The molecule has 1 aromatic carbocycles. The van der Waals surface area contributed by atoms with Crippen LogP contribution in [0.25, 0.3) is 6.08 Å². The fourth-order valence-electron chi connectivity index (χ4n) is 3.23. The van der Waals surface area contributed by atoms with Crippen LogP contribution in [0.2, 0.25) is 0 Å². The van der Waals surface area contributed by atoms with Crippen molar-refractivity contribution in [1.29, 1.82) is 0 Å². The lowest BCUT2D eigenvalue weighted by Crippen LogP contribution is -2.27. The van der Waals surface area contributed by atoms with E-state index in [1.807, 2.05) is 25.5 Å². The van der Waals surface area contributed by atoms with Crippen LogP contribution < -0.4 is 10.6 Å². The molecule has 3 rings (SSSR count). The molecule has 0 fully saturated rings. The smallest absolute Gasteiger partial charge is 0.368 e. The zero-order valence-electron chi connectivity index (χ0n) is 18.7. The third kappa shape index (κ3) is 6.68. The van der Waals surface area contributed by atoms with Crippen molar-refractivity contribution in [3.8, 4) is 0 Å². The van der Waals surface area contributed by atoms with Crippen LogP contribution in [0.4, 0.5) is 19.0 Å². The van der Waals surface area contributed by atoms with Gasteiger partial charge in [-0.15, -0.1) is 0 Å². The van der Waals surface area contributed by atoms with E-state index in [-0.39, 0.29) is 12.5 Å². The molecule has 2 heterocycles. The SMILES string of the molecule is Cc1ccc(Cn2nc(C)c(/C=C/C(=O)NCCNc3ccc(C(F)(F)F)cn3)c2C)cc1. The molecular weight excluding hydrogens is 431 g/mol. The molecule has 0 saturated heterocycles. The number of aromatic nitrogens is 3. The summed E-state index contributed by atoms with van der Waals surface area (Å²) in [6, 6.07) is 10.5. The van der Waals surface area contributed by atoms with E-state index in [9.17, 15) is 18.0 Å². The predicted molar refractivity (Wildman–Crippen MR) is 122 cm³/mol. The molecule has 33 heavy (non-hydrogen) atoms. The van der Waals surface area contributed by atoms with Gasteiger partial charge in [0.05, 0.1) is 17.8 Å². The molecule has 9 heteroatoms. The van der Waals surface area contributed by atoms with E-state index < -0.39 is 11.7 Å². The number of hydrogen-bond acceptors (Lipinski definition) is 4. The number of hydrogen-bond donors (Lipinski definition) is 2. The number of rotatable bonds is 8. The van der Waals surface area contributed by atoms with E-state index in [0.717, 1.165) is 34.8 Å². The van der Waals surface area contributed by atoms with Crippen molar-refractivity contribution in [2.24, 2.45) is 0 Å². The minimum atomic E-state index is -4.42. The Bertz CT molecular complexity index is 1120. The Morgan fingerprint density at radius 1 is 1.06 bits per heavy atom. The van der Waals surface area contributed by atoms with Crippen LogP contribution in [-0.4, -0.2) is 33.8 Å². The third-order valence-corrected chi connectivity index (χ3v) is 5.11. The van der Waals surface area contributed by atoms with Gasteiger partial charge in [-0.3, -0.25) is 9.48 Å². The van der Waals surface area contributed by atoms with Crippen LogP contribution in [0.5, 0.6) is 0 Å². The van der Waals surface area contributed by atoms with Gasteiger partial charge in [0.15, 0.2) is 0 Å². The van der Waals surface area contributed by atoms with Gasteiger partial charge in [0, 0.05) is 36.6 Å². The number of anilines is 1. The van der Waals surface area contributed by atoms with Gasteiger partial charge < -0.3 is 10.6 Å². The second-order valence-corrected chi connectivity index (χ2v) is 7.71. The molecule has 6 nitrogen and oxygen atoms in total. The highest BCUT2D eigenvalue weighted by molar-refractivity contribution is 5.92. The minimum absolute atomic E-state index is 0.276. The quantitative estimate of drug-likeness (QED) is 0.386. The van der Waals surface area contributed by atoms with Crippen LogP contribution in [-0.2, 0) is 17.5 Å². The molecule has 1 amide bonds. The standard InChI is InChI=1S/C24H26F3N5O/c1-16-4-6-19(7-5-16)15-32-18(3)21(17(2)31-32)9-11-23(33)29-13-12-28-22-10-8-20(14-30-22)24(25,26)27/h4-11,14H,12-13,15H2,1-3H3,(H,28,30)(H,29,33)/b11-9+. The van der Waals surface area contributed by atoms with E-state index in [0.29, 0.717) is 18.9 Å². The van der Waals surface area contributed by atoms with Crippen LogP contribution in [0.15, 0.2) is 48.7 Å². The highest BCUT2D eigenvalue weighted by atomic mass is 19.4. The average molecular weight is 458 g/mol. The lowest BCUT2D eigenvalue weighted by molar-refractivity contribution is -0.137. The van der Waals surface area contributed by atoms with Gasteiger partial charge in [-0.25, -0.2) is 4.98 Å². The highest BCUT2D eigenvalue weighted by Crippen LogP contribution is 2.28. The number of halogens is 3.